The van der Waals surface area contributed by atoms with Crippen molar-refractivity contribution in [1.29, 1.82) is 0 Å². The van der Waals surface area contributed by atoms with Crippen LogP contribution in [0.2, 0.25) is 0 Å². The fourth-order valence-electron chi connectivity index (χ4n) is 3.96. The van der Waals surface area contributed by atoms with Crippen LogP contribution in [0.4, 0.5) is 13.2 Å². The highest BCUT2D eigenvalue weighted by atomic mass is 19.4. The zero-order valence-electron chi connectivity index (χ0n) is 11.3. The molecular formula is C13H16F3N3O2. The molecule has 0 amide bonds. The lowest BCUT2D eigenvalue weighted by molar-refractivity contribution is -0.352. The first-order valence-corrected chi connectivity index (χ1v) is 7.19. The Morgan fingerprint density at radius 1 is 1.19 bits per heavy atom. The van der Waals surface area contributed by atoms with E-state index in [-0.39, 0.29) is 30.2 Å². The zero-order chi connectivity index (χ0) is 14.8. The molecule has 2 bridgehead atoms. The topological polar surface area (TPSA) is 74.2 Å². The Morgan fingerprint density at radius 2 is 1.90 bits per heavy atom. The summed E-state index contributed by atoms with van der Waals surface area (Å²) in [5, 5.41) is 8.12. The van der Waals surface area contributed by atoms with Gasteiger partial charge in [-0.15, -0.1) is 23.4 Å². The lowest BCUT2D eigenvalue weighted by Gasteiger charge is -2.35. The number of halogens is 3. The molecule has 5 rings (SSSR count). The number of hydrogen-bond acceptors (Lipinski definition) is 5. The minimum absolute atomic E-state index is 0.0685. The molecule has 21 heavy (non-hydrogen) atoms. The van der Waals surface area contributed by atoms with Gasteiger partial charge >= 0.3 is 6.36 Å². The highest BCUT2D eigenvalue weighted by molar-refractivity contribution is 5.21. The number of ether oxygens (including phenoxy) is 1. The molecule has 0 aliphatic heterocycles. The summed E-state index contributed by atoms with van der Waals surface area (Å²) in [6.45, 7) is 0. The molecule has 1 atom stereocenters. The predicted molar refractivity (Wildman–Crippen MR) is 64.2 cm³/mol. The van der Waals surface area contributed by atoms with E-state index in [4.69, 9.17) is 10.2 Å². The molecule has 4 aliphatic rings. The van der Waals surface area contributed by atoms with Gasteiger partial charge in [0.15, 0.2) is 0 Å². The Labute approximate surface area is 119 Å². The van der Waals surface area contributed by atoms with Crippen LogP contribution in [0.1, 0.15) is 49.8 Å². The van der Waals surface area contributed by atoms with Gasteiger partial charge in [-0.05, 0) is 38.0 Å². The van der Waals surface area contributed by atoms with E-state index >= 15 is 0 Å². The van der Waals surface area contributed by atoms with Crippen molar-refractivity contribution in [2.45, 2.75) is 61.9 Å². The minimum Gasteiger partial charge on any atom is -0.424 e. The van der Waals surface area contributed by atoms with Crippen molar-refractivity contribution in [2.75, 3.05) is 0 Å². The Morgan fingerprint density at radius 3 is 2.48 bits per heavy atom. The van der Waals surface area contributed by atoms with E-state index in [1.54, 1.807) is 0 Å². The number of fused-ring (bicyclic) bond motifs is 1. The van der Waals surface area contributed by atoms with Gasteiger partial charge < -0.3 is 10.2 Å². The summed E-state index contributed by atoms with van der Waals surface area (Å²) in [6.07, 6.45) is -1.98. The van der Waals surface area contributed by atoms with Crippen molar-refractivity contribution in [3.8, 4) is 0 Å². The second-order valence-electron chi connectivity index (χ2n) is 6.62. The normalized spacial score (nSPS) is 41.7. The van der Waals surface area contributed by atoms with Crippen LogP contribution in [-0.2, 0) is 10.2 Å². The smallest absolute Gasteiger partial charge is 0.424 e. The standard InChI is InChI=1S/C13H16F3N3O2/c14-13(15,16)21-8-1-6(2-8)10-18-19-11(20-10)12-3-7(4-12)9(17)5-12/h6-9H,1-5,17H2/t6-,7?,8+,9?,12?. The molecule has 8 heteroatoms. The van der Waals surface area contributed by atoms with E-state index in [1.165, 1.54) is 0 Å². The van der Waals surface area contributed by atoms with Crippen molar-refractivity contribution in [2.24, 2.45) is 11.7 Å². The molecule has 4 aliphatic carbocycles. The summed E-state index contributed by atoms with van der Waals surface area (Å²) in [5.74, 6) is 1.47. The SMILES string of the molecule is NC1CC2(c3nnc([C@H]4C[C@@H](OC(F)(F)F)C4)o3)CC1C2. The molecule has 0 saturated heterocycles. The van der Waals surface area contributed by atoms with E-state index in [2.05, 4.69) is 14.9 Å². The van der Waals surface area contributed by atoms with Crippen LogP contribution in [-0.4, -0.2) is 28.7 Å². The largest absolute Gasteiger partial charge is 0.522 e. The predicted octanol–water partition coefficient (Wildman–Crippen LogP) is 2.23. The third-order valence-electron chi connectivity index (χ3n) is 5.18. The molecule has 0 radical (unpaired) electrons. The number of nitrogens with zero attached hydrogens (tertiary/aromatic N) is 2. The molecule has 1 aromatic rings. The number of rotatable bonds is 3. The van der Waals surface area contributed by atoms with Gasteiger partial charge in [-0.2, -0.15) is 0 Å². The van der Waals surface area contributed by atoms with Gasteiger partial charge in [0.1, 0.15) is 0 Å². The maximum absolute atomic E-state index is 12.1. The van der Waals surface area contributed by atoms with Gasteiger partial charge in [-0.1, -0.05) is 0 Å². The van der Waals surface area contributed by atoms with Crippen LogP contribution in [0.5, 0.6) is 0 Å². The summed E-state index contributed by atoms with van der Waals surface area (Å²) in [6, 6.07) is 0.202. The Hall–Kier alpha value is -1.15. The van der Waals surface area contributed by atoms with Crippen LogP contribution in [0.15, 0.2) is 4.42 Å². The molecule has 4 saturated carbocycles. The highest BCUT2D eigenvalue weighted by Gasteiger charge is 2.59. The molecule has 116 valence electrons. The summed E-state index contributed by atoms with van der Waals surface area (Å²) >= 11 is 0. The molecule has 5 nitrogen and oxygen atoms in total. The fraction of sp³-hybridized carbons (Fsp3) is 0.846. The van der Waals surface area contributed by atoms with Crippen LogP contribution in [0.3, 0.4) is 0 Å². The highest BCUT2D eigenvalue weighted by Crippen LogP contribution is 2.59. The maximum atomic E-state index is 12.1. The van der Waals surface area contributed by atoms with E-state index in [0.717, 1.165) is 19.3 Å². The van der Waals surface area contributed by atoms with Gasteiger partial charge in [0.05, 0.1) is 11.5 Å². The van der Waals surface area contributed by atoms with Crippen LogP contribution in [0, 0.1) is 5.92 Å². The molecule has 1 heterocycles. The van der Waals surface area contributed by atoms with E-state index < -0.39 is 12.5 Å². The van der Waals surface area contributed by atoms with Crippen LogP contribution < -0.4 is 5.73 Å². The molecular weight excluding hydrogens is 287 g/mol. The van der Waals surface area contributed by atoms with Gasteiger partial charge in [0.25, 0.3) is 0 Å². The van der Waals surface area contributed by atoms with Gasteiger partial charge in [-0.25, -0.2) is 0 Å². The summed E-state index contributed by atoms with van der Waals surface area (Å²) < 4.78 is 45.9. The number of aromatic nitrogens is 2. The molecule has 0 aromatic carbocycles. The monoisotopic (exact) mass is 303 g/mol. The first kappa shape index (κ1) is 13.5. The minimum atomic E-state index is -4.57. The zero-order valence-corrected chi connectivity index (χ0v) is 11.3. The third-order valence-corrected chi connectivity index (χ3v) is 5.18. The number of alkyl halides is 3. The molecule has 1 unspecified atom stereocenters. The van der Waals surface area contributed by atoms with Crippen molar-refractivity contribution in [3.63, 3.8) is 0 Å². The molecule has 2 N–H and O–H groups in total. The van der Waals surface area contributed by atoms with E-state index in [0.29, 0.717) is 17.7 Å². The van der Waals surface area contributed by atoms with Crippen molar-refractivity contribution >= 4 is 0 Å². The van der Waals surface area contributed by atoms with Gasteiger partial charge in [0.2, 0.25) is 11.8 Å². The Kier molecular flexibility index (Phi) is 2.70. The quantitative estimate of drug-likeness (QED) is 0.927. The van der Waals surface area contributed by atoms with Crippen LogP contribution >= 0.6 is 0 Å². The summed E-state index contributed by atoms with van der Waals surface area (Å²) in [5.41, 5.74) is 5.94. The maximum Gasteiger partial charge on any atom is 0.522 e. The van der Waals surface area contributed by atoms with E-state index in [1.807, 2.05) is 0 Å². The number of hydrogen-bond donors (Lipinski definition) is 1. The molecule has 1 aromatic heterocycles. The average molecular weight is 303 g/mol. The van der Waals surface area contributed by atoms with Gasteiger partial charge in [-0.3, -0.25) is 4.74 Å². The Bertz CT molecular complexity index is 547. The van der Waals surface area contributed by atoms with Gasteiger partial charge in [0, 0.05) is 12.0 Å². The second kappa shape index (κ2) is 4.19. The lowest BCUT2D eigenvalue weighted by Crippen LogP contribution is -2.35. The lowest BCUT2D eigenvalue weighted by atomic mass is 9.69. The van der Waals surface area contributed by atoms with Crippen molar-refractivity contribution in [1.82, 2.24) is 10.2 Å². The number of nitrogens with two attached hydrogens (primary N) is 1. The molecule has 4 fully saturated rings. The third kappa shape index (κ3) is 2.15. The average Bonchev–Trinajstić information content (AvgIpc) is 2.92. The fourth-order valence-corrected chi connectivity index (χ4v) is 3.96. The first-order chi connectivity index (χ1) is 9.85. The molecule has 0 spiro atoms. The second-order valence-corrected chi connectivity index (χ2v) is 6.62. The van der Waals surface area contributed by atoms with Crippen molar-refractivity contribution in [3.05, 3.63) is 11.8 Å². The first-order valence-electron chi connectivity index (χ1n) is 7.19. The summed E-state index contributed by atoms with van der Waals surface area (Å²) in [7, 11) is 0. The van der Waals surface area contributed by atoms with E-state index in [9.17, 15) is 13.2 Å². The van der Waals surface area contributed by atoms with Crippen molar-refractivity contribution < 1.29 is 22.3 Å². The Balaban J connectivity index is 1.39. The summed E-state index contributed by atoms with van der Waals surface area (Å²) in [4.78, 5) is 0. The van der Waals surface area contributed by atoms with Crippen LogP contribution in [0.25, 0.3) is 0 Å².